The zero-order valence-corrected chi connectivity index (χ0v) is 16.3. The highest BCUT2D eigenvalue weighted by Gasteiger charge is 2.17. The van der Waals surface area contributed by atoms with Crippen LogP contribution in [-0.2, 0) is 14.2 Å². The molecule has 5 heteroatoms. The van der Waals surface area contributed by atoms with Crippen LogP contribution in [0.2, 0.25) is 0 Å². The lowest BCUT2D eigenvalue weighted by molar-refractivity contribution is 0.00711. The first kappa shape index (κ1) is 18.4. The normalized spacial score (nSPS) is 17.4. The van der Waals surface area contributed by atoms with Crippen molar-refractivity contribution in [1.82, 2.24) is 0 Å². The van der Waals surface area contributed by atoms with Crippen LogP contribution >= 0.6 is 0 Å². The van der Waals surface area contributed by atoms with Crippen LogP contribution in [0.1, 0.15) is 0 Å². The maximum Gasteiger partial charge on any atom is 0.169 e. The molecule has 1 aliphatic rings. The van der Waals surface area contributed by atoms with Gasteiger partial charge in [0.05, 0.1) is 39.6 Å². The molecule has 0 saturated heterocycles. The molecule has 4 aromatic carbocycles. The molecule has 1 aliphatic heterocycles. The predicted molar refractivity (Wildman–Crippen MR) is 114 cm³/mol. The molecule has 0 fully saturated rings. The Bertz CT molecular complexity index is 1090. The van der Waals surface area contributed by atoms with E-state index in [0.717, 1.165) is 22.3 Å². The van der Waals surface area contributed by atoms with Gasteiger partial charge in [-0.3, -0.25) is 0 Å². The molecule has 0 radical (unpaired) electrons. The summed E-state index contributed by atoms with van der Waals surface area (Å²) < 4.78 is 28.9. The fourth-order valence-corrected chi connectivity index (χ4v) is 3.97. The van der Waals surface area contributed by atoms with Gasteiger partial charge in [0, 0.05) is 10.8 Å². The van der Waals surface area contributed by atoms with E-state index in [1.165, 1.54) is 21.5 Å². The third-order valence-electron chi connectivity index (χ3n) is 5.27. The van der Waals surface area contributed by atoms with Gasteiger partial charge in [0.15, 0.2) is 11.5 Å². The van der Waals surface area contributed by atoms with Gasteiger partial charge in [-0.05, 0) is 33.7 Å². The van der Waals surface area contributed by atoms with Crippen LogP contribution in [0.5, 0.6) is 11.5 Å². The van der Waals surface area contributed by atoms with Crippen molar-refractivity contribution in [3.63, 3.8) is 0 Å². The van der Waals surface area contributed by atoms with Gasteiger partial charge in [0.25, 0.3) is 0 Å². The first-order chi connectivity index (χ1) is 14.4. The van der Waals surface area contributed by atoms with E-state index in [4.69, 9.17) is 23.7 Å². The molecule has 29 heavy (non-hydrogen) atoms. The average molecular weight is 392 g/mol. The third-order valence-corrected chi connectivity index (χ3v) is 5.27. The van der Waals surface area contributed by atoms with Gasteiger partial charge in [0.1, 0.15) is 13.2 Å². The fraction of sp³-hybridized carbons (Fsp3) is 0.333. The Balaban J connectivity index is 1.58. The SMILES string of the molecule is c1cc2ccc3cc4c(c5ccc(c1)c2c35)OCCOCCOCCOCCO4. The topological polar surface area (TPSA) is 46.2 Å². The van der Waals surface area contributed by atoms with Crippen molar-refractivity contribution in [3.8, 4) is 11.5 Å². The maximum atomic E-state index is 6.19. The monoisotopic (exact) mass is 392 g/mol. The van der Waals surface area contributed by atoms with E-state index >= 15 is 0 Å². The lowest BCUT2D eigenvalue weighted by Crippen LogP contribution is -2.13. The van der Waals surface area contributed by atoms with Crippen LogP contribution in [0.3, 0.4) is 0 Å². The Morgan fingerprint density at radius 1 is 0.517 bits per heavy atom. The molecular weight excluding hydrogens is 368 g/mol. The number of fused-ring (bicyclic) bond motifs is 2. The highest BCUT2D eigenvalue weighted by Crippen LogP contribution is 2.43. The van der Waals surface area contributed by atoms with E-state index in [-0.39, 0.29) is 0 Å². The van der Waals surface area contributed by atoms with Crippen LogP contribution in [0.25, 0.3) is 32.3 Å². The molecule has 0 bridgehead atoms. The summed E-state index contributed by atoms with van der Waals surface area (Å²) >= 11 is 0. The second-order valence-electron chi connectivity index (χ2n) is 7.09. The second-order valence-corrected chi connectivity index (χ2v) is 7.09. The van der Waals surface area contributed by atoms with Crippen LogP contribution in [0, 0.1) is 0 Å². The van der Waals surface area contributed by atoms with Crippen molar-refractivity contribution < 1.29 is 23.7 Å². The van der Waals surface area contributed by atoms with Gasteiger partial charge >= 0.3 is 0 Å². The van der Waals surface area contributed by atoms with E-state index in [1.54, 1.807) is 0 Å². The number of hydrogen-bond donors (Lipinski definition) is 0. The Morgan fingerprint density at radius 2 is 1.10 bits per heavy atom. The Labute approximate surface area is 169 Å². The van der Waals surface area contributed by atoms with Crippen LogP contribution in [0.4, 0.5) is 0 Å². The Morgan fingerprint density at radius 3 is 1.83 bits per heavy atom. The highest BCUT2D eigenvalue weighted by atomic mass is 16.6. The first-order valence-corrected chi connectivity index (χ1v) is 10.1. The molecule has 5 rings (SSSR count). The predicted octanol–water partition coefficient (Wildman–Crippen LogP) is 4.41. The number of ether oxygens (including phenoxy) is 5. The minimum atomic E-state index is 0.455. The molecule has 0 spiro atoms. The zero-order chi connectivity index (χ0) is 19.5. The lowest BCUT2D eigenvalue weighted by atomic mass is 9.93. The van der Waals surface area contributed by atoms with E-state index < -0.39 is 0 Å². The largest absolute Gasteiger partial charge is 0.487 e. The standard InChI is InChI=1S/C24H24O5/c1-2-17-4-5-19-16-21-24(20-7-6-18(3-1)22(17)23(19)20)29-15-13-27-11-9-25-8-10-26-12-14-28-21/h1-7,16H,8-15H2. The van der Waals surface area contributed by atoms with Crippen LogP contribution < -0.4 is 9.47 Å². The van der Waals surface area contributed by atoms with E-state index in [9.17, 15) is 0 Å². The van der Waals surface area contributed by atoms with Gasteiger partial charge in [-0.1, -0.05) is 36.4 Å². The van der Waals surface area contributed by atoms with Gasteiger partial charge in [-0.25, -0.2) is 0 Å². The summed E-state index contributed by atoms with van der Waals surface area (Å²) in [6.45, 7) is 4.14. The van der Waals surface area contributed by atoms with Crippen molar-refractivity contribution in [3.05, 3.63) is 48.5 Å². The van der Waals surface area contributed by atoms with Gasteiger partial charge < -0.3 is 23.7 Å². The molecule has 0 aromatic heterocycles. The second kappa shape index (κ2) is 8.41. The van der Waals surface area contributed by atoms with Crippen molar-refractivity contribution in [2.45, 2.75) is 0 Å². The molecule has 4 aromatic rings. The summed E-state index contributed by atoms with van der Waals surface area (Å²) in [7, 11) is 0. The molecule has 0 amide bonds. The Kier molecular flexibility index (Phi) is 5.35. The molecule has 5 nitrogen and oxygen atoms in total. The lowest BCUT2D eigenvalue weighted by Gasteiger charge is -2.18. The molecule has 0 unspecified atom stereocenters. The minimum Gasteiger partial charge on any atom is -0.487 e. The maximum absolute atomic E-state index is 6.19. The van der Waals surface area contributed by atoms with Crippen molar-refractivity contribution in [2.75, 3.05) is 52.9 Å². The molecule has 0 saturated carbocycles. The quantitative estimate of drug-likeness (QED) is 0.415. The molecular formula is C24H24O5. The summed E-state index contributed by atoms with van der Waals surface area (Å²) in [5, 5.41) is 7.16. The van der Waals surface area contributed by atoms with Crippen molar-refractivity contribution >= 4 is 32.3 Å². The smallest absolute Gasteiger partial charge is 0.169 e. The summed E-state index contributed by atoms with van der Waals surface area (Å²) in [6.07, 6.45) is 0. The van der Waals surface area contributed by atoms with Crippen LogP contribution in [-0.4, -0.2) is 52.9 Å². The zero-order valence-electron chi connectivity index (χ0n) is 16.3. The first-order valence-electron chi connectivity index (χ1n) is 10.1. The average Bonchev–Trinajstić information content (AvgIpc) is 2.76. The van der Waals surface area contributed by atoms with E-state index in [0.29, 0.717) is 52.9 Å². The summed E-state index contributed by atoms with van der Waals surface area (Å²) in [6, 6.07) is 17.1. The summed E-state index contributed by atoms with van der Waals surface area (Å²) in [4.78, 5) is 0. The molecule has 150 valence electrons. The molecule has 1 heterocycles. The highest BCUT2D eigenvalue weighted by molar-refractivity contribution is 6.24. The Hall–Kier alpha value is -2.60. The summed E-state index contributed by atoms with van der Waals surface area (Å²) in [5.74, 6) is 1.51. The minimum absolute atomic E-state index is 0.455. The van der Waals surface area contributed by atoms with Gasteiger partial charge in [-0.2, -0.15) is 0 Å². The summed E-state index contributed by atoms with van der Waals surface area (Å²) in [5.41, 5.74) is 0. The number of hydrogen-bond acceptors (Lipinski definition) is 5. The van der Waals surface area contributed by atoms with Crippen molar-refractivity contribution in [1.29, 1.82) is 0 Å². The number of benzene rings is 4. The third kappa shape index (κ3) is 3.69. The molecule has 0 aliphatic carbocycles. The molecule has 0 N–H and O–H groups in total. The van der Waals surface area contributed by atoms with E-state index in [2.05, 4.69) is 48.5 Å². The van der Waals surface area contributed by atoms with E-state index in [1.807, 2.05) is 0 Å². The van der Waals surface area contributed by atoms with Gasteiger partial charge in [-0.15, -0.1) is 0 Å². The van der Waals surface area contributed by atoms with Crippen molar-refractivity contribution in [2.24, 2.45) is 0 Å². The van der Waals surface area contributed by atoms with Crippen LogP contribution in [0.15, 0.2) is 48.5 Å². The molecule has 0 atom stereocenters. The fourth-order valence-electron chi connectivity index (χ4n) is 3.97. The number of rotatable bonds is 0. The van der Waals surface area contributed by atoms with Gasteiger partial charge in [0.2, 0.25) is 0 Å².